The minimum atomic E-state index is -0.585. The molecule has 0 saturated carbocycles. The number of halogens is 1. The third-order valence-corrected chi connectivity index (χ3v) is 4.74. The van der Waals surface area contributed by atoms with Crippen LogP contribution < -0.4 is 16.6 Å². The first-order valence-corrected chi connectivity index (χ1v) is 8.42. The summed E-state index contributed by atoms with van der Waals surface area (Å²) in [6.45, 7) is 0. The average molecular weight is 377 g/mol. The fourth-order valence-electron chi connectivity index (χ4n) is 2.22. The van der Waals surface area contributed by atoms with Gasteiger partial charge in [0.2, 0.25) is 0 Å². The molecule has 1 aromatic carbocycles. The SMILES string of the molecule is Cn1cc(NC(=O)c2csc(-c3ccccc3Cl)n2)c(=O)n(C)c1=O. The van der Waals surface area contributed by atoms with Gasteiger partial charge in [-0.25, -0.2) is 9.78 Å². The van der Waals surface area contributed by atoms with Gasteiger partial charge in [0, 0.05) is 31.2 Å². The van der Waals surface area contributed by atoms with Gasteiger partial charge in [-0.3, -0.25) is 14.2 Å². The van der Waals surface area contributed by atoms with Gasteiger partial charge in [-0.15, -0.1) is 11.3 Å². The van der Waals surface area contributed by atoms with E-state index < -0.39 is 17.2 Å². The fraction of sp³-hybridized carbons (Fsp3) is 0.125. The van der Waals surface area contributed by atoms with Crippen LogP contribution in [0.25, 0.3) is 10.6 Å². The van der Waals surface area contributed by atoms with E-state index in [-0.39, 0.29) is 11.4 Å². The van der Waals surface area contributed by atoms with Crippen molar-refractivity contribution >= 4 is 34.5 Å². The van der Waals surface area contributed by atoms with Gasteiger partial charge in [0.15, 0.2) is 0 Å². The van der Waals surface area contributed by atoms with Gasteiger partial charge in [-0.1, -0.05) is 29.8 Å². The van der Waals surface area contributed by atoms with Crippen LogP contribution in [0.1, 0.15) is 10.5 Å². The fourth-order valence-corrected chi connectivity index (χ4v) is 3.34. The zero-order valence-corrected chi connectivity index (χ0v) is 14.9. The lowest BCUT2D eigenvalue weighted by Crippen LogP contribution is -2.38. The highest BCUT2D eigenvalue weighted by Crippen LogP contribution is 2.30. The predicted molar refractivity (Wildman–Crippen MR) is 97.4 cm³/mol. The summed E-state index contributed by atoms with van der Waals surface area (Å²) in [5.74, 6) is -0.537. The maximum absolute atomic E-state index is 12.4. The normalized spacial score (nSPS) is 10.7. The van der Waals surface area contributed by atoms with Crippen LogP contribution in [0.3, 0.4) is 0 Å². The number of benzene rings is 1. The molecule has 0 bridgehead atoms. The summed E-state index contributed by atoms with van der Waals surface area (Å²) in [6.07, 6.45) is 1.28. The predicted octanol–water partition coefficient (Wildman–Crippen LogP) is 2.11. The van der Waals surface area contributed by atoms with Gasteiger partial charge in [0.05, 0.1) is 5.02 Å². The molecule has 2 heterocycles. The van der Waals surface area contributed by atoms with Crippen molar-refractivity contribution in [1.82, 2.24) is 14.1 Å². The molecule has 128 valence electrons. The number of amides is 1. The van der Waals surface area contributed by atoms with Crippen LogP contribution in [0.5, 0.6) is 0 Å². The van der Waals surface area contributed by atoms with E-state index in [0.717, 1.165) is 10.1 Å². The Morgan fingerprint density at radius 2 is 1.96 bits per heavy atom. The third kappa shape index (κ3) is 3.26. The Morgan fingerprint density at radius 3 is 2.68 bits per heavy atom. The summed E-state index contributed by atoms with van der Waals surface area (Å²) in [5.41, 5.74) is -0.167. The lowest BCUT2D eigenvalue weighted by atomic mass is 10.2. The minimum absolute atomic E-state index is 0.00175. The first-order chi connectivity index (χ1) is 11.9. The van der Waals surface area contributed by atoms with Crippen LogP contribution in [0.15, 0.2) is 45.4 Å². The van der Waals surface area contributed by atoms with Gasteiger partial charge >= 0.3 is 5.69 Å². The molecule has 0 aliphatic carbocycles. The maximum Gasteiger partial charge on any atom is 0.330 e. The Balaban J connectivity index is 1.90. The van der Waals surface area contributed by atoms with Crippen molar-refractivity contribution in [1.29, 1.82) is 0 Å². The topological polar surface area (TPSA) is 86.0 Å². The van der Waals surface area contributed by atoms with E-state index in [1.54, 1.807) is 11.4 Å². The molecular weight excluding hydrogens is 364 g/mol. The van der Waals surface area contributed by atoms with E-state index in [2.05, 4.69) is 10.3 Å². The van der Waals surface area contributed by atoms with Crippen molar-refractivity contribution in [2.45, 2.75) is 0 Å². The van der Waals surface area contributed by atoms with Gasteiger partial charge in [0.25, 0.3) is 11.5 Å². The molecule has 0 aliphatic heterocycles. The molecular formula is C16H13ClN4O3S. The molecule has 0 saturated heterocycles. The number of carbonyl (C=O) groups excluding carboxylic acids is 1. The Labute approximate surface area is 151 Å². The van der Waals surface area contributed by atoms with Crippen molar-refractivity contribution in [3.63, 3.8) is 0 Å². The standard InChI is InChI=1S/C16H13ClN4O3S/c1-20-7-11(15(23)21(2)16(20)24)18-13(22)12-8-25-14(19-12)9-5-3-4-6-10(9)17/h3-8H,1-2H3,(H,18,22). The lowest BCUT2D eigenvalue weighted by molar-refractivity contribution is 0.102. The Kier molecular flexibility index (Phi) is 4.56. The second-order valence-electron chi connectivity index (χ2n) is 5.27. The number of hydrogen-bond donors (Lipinski definition) is 1. The van der Waals surface area contributed by atoms with E-state index in [1.165, 1.54) is 36.2 Å². The number of rotatable bonds is 3. The van der Waals surface area contributed by atoms with Gasteiger partial charge in [0.1, 0.15) is 16.4 Å². The van der Waals surface area contributed by atoms with Crippen molar-refractivity contribution in [2.75, 3.05) is 5.32 Å². The van der Waals surface area contributed by atoms with Crippen LogP contribution in [-0.4, -0.2) is 20.0 Å². The molecule has 0 unspecified atom stereocenters. The molecule has 2 aromatic heterocycles. The summed E-state index contributed by atoms with van der Waals surface area (Å²) in [7, 11) is 2.84. The van der Waals surface area contributed by atoms with Gasteiger partial charge in [-0.2, -0.15) is 0 Å². The Hall–Kier alpha value is -2.71. The van der Waals surface area contributed by atoms with Crippen LogP contribution in [0.4, 0.5) is 5.69 Å². The van der Waals surface area contributed by atoms with E-state index in [9.17, 15) is 14.4 Å². The molecule has 1 amide bonds. The maximum atomic E-state index is 12.4. The van der Waals surface area contributed by atoms with E-state index in [0.29, 0.717) is 10.0 Å². The number of aryl methyl sites for hydroxylation is 1. The molecule has 1 N–H and O–H groups in total. The number of hydrogen-bond acceptors (Lipinski definition) is 5. The van der Waals surface area contributed by atoms with Crippen molar-refractivity contribution in [3.8, 4) is 10.6 Å². The van der Waals surface area contributed by atoms with E-state index >= 15 is 0 Å². The van der Waals surface area contributed by atoms with E-state index in [4.69, 9.17) is 11.6 Å². The number of nitrogens with one attached hydrogen (secondary N) is 1. The minimum Gasteiger partial charge on any atom is -0.315 e. The van der Waals surface area contributed by atoms with Gasteiger partial charge < -0.3 is 9.88 Å². The summed E-state index contributed by atoms with van der Waals surface area (Å²) in [6, 6.07) is 7.19. The average Bonchev–Trinajstić information content (AvgIpc) is 3.08. The molecule has 3 rings (SSSR count). The zero-order chi connectivity index (χ0) is 18.1. The van der Waals surface area contributed by atoms with Crippen molar-refractivity contribution in [3.05, 3.63) is 67.4 Å². The van der Waals surface area contributed by atoms with Crippen LogP contribution in [-0.2, 0) is 14.1 Å². The number of anilines is 1. The quantitative estimate of drug-likeness (QED) is 0.758. The number of aromatic nitrogens is 3. The monoisotopic (exact) mass is 376 g/mol. The lowest BCUT2D eigenvalue weighted by Gasteiger charge is -2.07. The van der Waals surface area contributed by atoms with Crippen molar-refractivity contribution < 1.29 is 4.79 Å². The molecule has 0 aliphatic rings. The molecule has 0 radical (unpaired) electrons. The molecule has 0 spiro atoms. The van der Waals surface area contributed by atoms with Crippen LogP contribution >= 0.6 is 22.9 Å². The Bertz CT molecular complexity index is 1080. The highest BCUT2D eigenvalue weighted by atomic mass is 35.5. The van der Waals surface area contributed by atoms with Crippen LogP contribution in [0, 0.1) is 0 Å². The number of carbonyl (C=O) groups is 1. The molecule has 0 fully saturated rings. The first kappa shape index (κ1) is 17.1. The number of thiazole rings is 1. The first-order valence-electron chi connectivity index (χ1n) is 7.17. The molecule has 3 aromatic rings. The molecule has 7 nitrogen and oxygen atoms in total. The van der Waals surface area contributed by atoms with Crippen LogP contribution in [0.2, 0.25) is 5.02 Å². The highest BCUT2D eigenvalue weighted by Gasteiger charge is 2.16. The smallest absolute Gasteiger partial charge is 0.315 e. The summed E-state index contributed by atoms with van der Waals surface area (Å²) in [4.78, 5) is 40.4. The summed E-state index contributed by atoms with van der Waals surface area (Å²) >= 11 is 7.41. The third-order valence-electron chi connectivity index (χ3n) is 3.54. The molecule has 25 heavy (non-hydrogen) atoms. The summed E-state index contributed by atoms with van der Waals surface area (Å²) in [5, 5.41) is 5.22. The van der Waals surface area contributed by atoms with Crippen molar-refractivity contribution in [2.24, 2.45) is 14.1 Å². The van der Waals surface area contributed by atoms with E-state index in [1.807, 2.05) is 18.2 Å². The van der Waals surface area contributed by atoms with Gasteiger partial charge in [-0.05, 0) is 6.07 Å². The second kappa shape index (κ2) is 6.66. The molecule has 0 atom stereocenters. The largest absolute Gasteiger partial charge is 0.330 e. The Morgan fingerprint density at radius 1 is 1.24 bits per heavy atom. The highest BCUT2D eigenvalue weighted by molar-refractivity contribution is 7.13. The summed E-state index contributed by atoms with van der Waals surface area (Å²) < 4.78 is 2.14. The molecule has 9 heteroatoms. The number of nitrogens with zero attached hydrogens (tertiary/aromatic N) is 3. The zero-order valence-electron chi connectivity index (χ0n) is 13.3. The second-order valence-corrected chi connectivity index (χ2v) is 6.54.